The van der Waals surface area contributed by atoms with Crippen LogP contribution in [-0.4, -0.2) is 4.37 Å². The van der Waals surface area contributed by atoms with Crippen molar-refractivity contribution in [3.63, 3.8) is 0 Å². The van der Waals surface area contributed by atoms with Gasteiger partial charge in [0.2, 0.25) is 0 Å². The normalized spacial score (nSPS) is 10.5. The minimum Gasteiger partial charge on any atom is -0.399 e. The van der Waals surface area contributed by atoms with Gasteiger partial charge in [-0.2, -0.15) is 4.37 Å². The Hall–Kier alpha value is -1.29. The third kappa shape index (κ3) is 0.914. The predicted molar refractivity (Wildman–Crippen MR) is 48.4 cm³/mol. The smallest absolute Gasteiger partial charge is 0.114 e. The summed E-state index contributed by atoms with van der Waals surface area (Å²) in [6, 6.07) is 5.53. The molecule has 2 rings (SSSR count). The molecule has 0 atom stereocenters. The zero-order chi connectivity index (χ0) is 7.84. The number of aromatic nitrogens is 1. The minimum absolute atomic E-state index is 0.726. The maximum absolute atomic E-state index is 5.65. The Morgan fingerprint density at radius 2 is 2.09 bits per heavy atom. The van der Waals surface area contributed by atoms with Crippen LogP contribution in [0.15, 0.2) is 18.2 Å². The molecule has 0 fully saturated rings. The predicted octanol–water partition coefficient (Wildman–Crippen LogP) is 1.46. The fourth-order valence-electron chi connectivity index (χ4n) is 0.978. The molecule has 11 heavy (non-hydrogen) atoms. The molecule has 1 heterocycles. The van der Waals surface area contributed by atoms with Crippen molar-refractivity contribution in [2.75, 3.05) is 11.5 Å². The molecule has 0 aliphatic rings. The van der Waals surface area contributed by atoms with Gasteiger partial charge in [-0.3, -0.25) is 0 Å². The summed E-state index contributed by atoms with van der Waals surface area (Å²) < 4.78 is 4.12. The fourth-order valence-corrected chi connectivity index (χ4v) is 1.60. The van der Waals surface area contributed by atoms with Gasteiger partial charge < -0.3 is 11.5 Å². The maximum Gasteiger partial charge on any atom is 0.114 e. The average molecular weight is 165 g/mol. The van der Waals surface area contributed by atoms with Crippen molar-refractivity contribution in [3.05, 3.63) is 18.2 Å². The first-order chi connectivity index (χ1) is 5.27. The SMILES string of the molecule is Nc1ccc2nsc(N)c2c1. The first kappa shape index (κ1) is 6.42. The lowest BCUT2D eigenvalue weighted by Crippen LogP contribution is -1.84. The van der Waals surface area contributed by atoms with Gasteiger partial charge in [0.15, 0.2) is 0 Å². The first-order valence-corrected chi connectivity index (χ1v) is 3.95. The van der Waals surface area contributed by atoms with E-state index in [1.807, 2.05) is 18.2 Å². The van der Waals surface area contributed by atoms with Crippen molar-refractivity contribution < 1.29 is 0 Å². The highest BCUT2D eigenvalue weighted by atomic mass is 32.1. The van der Waals surface area contributed by atoms with Crippen LogP contribution in [0.5, 0.6) is 0 Å². The van der Waals surface area contributed by atoms with Gasteiger partial charge in [0.1, 0.15) is 5.00 Å². The first-order valence-electron chi connectivity index (χ1n) is 3.18. The van der Waals surface area contributed by atoms with Crippen molar-refractivity contribution in [2.45, 2.75) is 0 Å². The molecule has 56 valence electrons. The highest BCUT2D eigenvalue weighted by Gasteiger charge is 2.00. The Bertz CT molecular complexity index is 393. The summed E-state index contributed by atoms with van der Waals surface area (Å²) >= 11 is 1.30. The van der Waals surface area contributed by atoms with Crippen molar-refractivity contribution in [1.29, 1.82) is 0 Å². The second-order valence-corrected chi connectivity index (χ2v) is 3.13. The van der Waals surface area contributed by atoms with Crippen LogP contribution in [0, 0.1) is 0 Å². The van der Waals surface area contributed by atoms with E-state index in [0.29, 0.717) is 0 Å². The molecule has 2 aromatic rings. The Morgan fingerprint density at radius 3 is 2.91 bits per heavy atom. The summed E-state index contributed by atoms with van der Waals surface area (Å²) in [6.45, 7) is 0. The molecule has 1 aromatic heterocycles. The van der Waals surface area contributed by atoms with Crippen LogP contribution >= 0.6 is 11.5 Å². The number of fused-ring (bicyclic) bond motifs is 1. The number of hydrogen-bond donors (Lipinski definition) is 2. The maximum atomic E-state index is 5.65. The number of anilines is 2. The molecule has 0 amide bonds. The number of nitrogens with two attached hydrogens (primary N) is 2. The van der Waals surface area contributed by atoms with Crippen LogP contribution in [-0.2, 0) is 0 Å². The molecular formula is C7H7N3S. The Labute approximate surface area is 67.8 Å². The van der Waals surface area contributed by atoms with Crippen LogP contribution in [0.3, 0.4) is 0 Å². The second kappa shape index (κ2) is 2.10. The van der Waals surface area contributed by atoms with Crippen molar-refractivity contribution in [2.24, 2.45) is 0 Å². The van der Waals surface area contributed by atoms with Gasteiger partial charge in [-0.25, -0.2) is 0 Å². The summed E-state index contributed by atoms with van der Waals surface area (Å²) in [5.74, 6) is 0. The van der Waals surface area contributed by atoms with Gasteiger partial charge >= 0.3 is 0 Å². The zero-order valence-electron chi connectivity index (χ0n) is 5.74. The molecule has 0 bridgehead atoms. The lowest BCUT2D eigenvalue weighted by atomic mass is 10.2. The largest absolute Gasteiger partial charge is 0.399 e. The Morgan fingerprint density at radius 1 is 1.27 bits per heavy atom. The van der Waals surface area contributed by atoms with E-state index >= 15 is 0 Å². The lowest BCUT2D eigenvalue weighted by molar-refractivity contribution is 1.66. The highest BCUT2D eigenvalue weighted by molar-refractivity contribution is 7.11. The van der Waals surface area contributed by atoms with Gasteiger partial charge in [0, 0.05) is 11.1 Å². The van der Waals surface area contributed by atoms with Crippen LogP contribution in [0.4, 0.5) is 10.7 Å². The summed E-state index contributed by atoms with van der Waals surface area (Å²) in [7, 11) is 0. The molecule has 0 unspecified atom stereocenters. The molecule has 4 N–H and O–H groups in total. The van der Waals surface area contributed by atoms with Crippen molar-refractivity contribution in [1.82, 2.24) is 4.37 Å². The van der Waals surface area contributed by atoms with E-state index in [1.54, 1.807) is 0 Å². The van der Waals surface area contributed by atoms with Gasteiger partial charge in [-0.15, -0.1) is 0 Å². The molecule has 4 heteroatoms. The van der Waals surface area contributed by atoms with Gasteiger partial charge in [0.05, 0.1) is 5.52 Å². The number of nitrogens with zero attached hydrogens (tertiary/aromatic N) is 1. The van der Waals surface area contributed by atoms with E-state index in [2.05, 4.69) is 4.37 Å². The number of hydrogen-bond acceptors (Lipinski definition) is 4. The monoisotopic (exact) mass is 165 g/mol. The van der Waals surface area contributed by atoms with E-state index in [1.165, 1.54) is 11.5 Å². The average Bonchev–Trinajstić information content (AvgIpc) is 2.33. The quantitative estimate of drug-likeness (QED) is 0.581. The van der Waals surface area contributed by atoms with Gasteiger partial charge in [0.25, 0.3) is 0 Å². The van der Waals surface area contributed by atoms with E-state index in [9.17, 15) is 0 Å². The third-order valence-corrected chi connectivity index (χ3v) is 2.23. The molecule has 0 spiro atoms. The minimum atomic E-state index is 0.726. The second-order valence-electron chi connectivity index (χ2n) is 2.32. The zero-order valence-corrected chi connectivity index (χ0v) is 6.56. The van der Waals surface area contributed by atoms with Crippen LogP contribution in [0.1, 0.15) is 0 Å². The molecule has 0 saturated heterocycles. The van der Waals surface area contributed by atoms with Crippen LogP contribution in [0.25, 0.3) is 10.9 Å². The standard InChI is InChI=1S/C7H7N3S/c8-4-1-2-6-5(3-4)7(9)11-10-6/h1-3H,8-9H2. The molecule has 0 aliphatic carbocycles. The van der Waals surface area contributed by atoms with Gasteiger partial charge in [-0.05, 0) is 29.7 Å². The highest BCUT2D eigenvalue weighted by Crippen LogP contribution is 2.25. The molecule has 0 aliphatic heterocycles. The van der Waals surface area contributed by atoms with Crippen LogP contribution < -0.4 is 11.5 Å². The Balaban J connectivity index is 2.87. The number of benzene rings is 1. The van der Waals surface area contributed by atoms with Crippen molar-refractivity contribution in [3.8, 4) is 0 Å². The third-order valence-electron chi connectivity index (χ3n) is 1.53. The molecule has 0 saturated carbocycles. The summed E-state index contributed by atoms with van der Waals surface area (Å²) in [6.07, 6.45) is 0. The van der Waals surface area contributed by atoms with E-state index in [-0.39, 0.29) is 0 Å². The van der Waals surface area contributed by atoms with E-state index in [0.717, 1.165) is 21.6 Å². The molecule has 1 aromatic carbocycles. The topological polar surface area (TPSA) is 64.9 Å². The number of nitrogen functional groups attached to an aromatic ring is 2. The van der Waals surface area contributed by atoms with Crippen molar-refractivity contribution >= 4 is 33.1 Å². The van der Waals surface area contributed by atoms with Crippen LogP contribution in [0.2, 0.25) is 0 Å². The summed E-state index contributed by atoms with van der Waals surface area (Å²) in [5, 5.41) is 1.68. The summed E-state index contributed by atoms with van der Waals surface area (Å²) in [4.78, 5) is 0. The van der Waals surface area contributed by atoms with Gasteiger partial charge in [-0.1, -0.05) is 0 Å². The molecular weight excluding hydrogens is 158 g/mol. The lowest BCUT2D eigenvalue weighted by Gasteiger charge is -1.91. The summed E-state index contributed by atoms with van der Waals surface area (Å²) in [5.41, 5.74) is 12.9. The van der Waals surface area contributed by atoms with E-state index < -0.39 is 0 Å². The number of rotatable bonds is 0. The molecule has 0 radical (unpaired) electrons. The Kier molecular flexibility index (Phi) is 1.22. The van der Waals surface area contributed by atoms with E-state index in [4.69, 9.17) is 11.5 Å². The fraction of sp³-hybridized carbons (Fsp3) is 0. The molecule has 3 nitrogen and oxygen atoms in total.